The Hall–Kier alpha value is 0.625. The fourth-order valence-electron chi connectivity index (χ4n) is 0.204. The van der Waals surface area contributed by atoms with Crippen molar-refractivity contribution >= 4 is 21.9 Å². The number of allylic oxidation sites excluding steroid dienone is 1. The van der Waals surface area contributed by atoms with Crippen LogP contribution in [0, 0.1) is 0 Å². The van der Waals surface area contributed by atoms with Crippen LogP contribution in [0.25, 0.3) is 0 Å². The number of hydrogen-bond donors (Lipinski definition) is 0. The van der Waals surface area contributed by atoms with Gasteiger partial charge in [-0.25, -0.2) is 0 Å². The summed E-state index contributed by atoms with van der Waals surface area (Å²) in [7, 11) is 0. The molecule has 8 heavy (non-hydrogen) atoms. The van der Waals surface area contributed by atoms with Crippen LogP contribution in [0.3, 0.4) is 0 Å². The molecule has 0 spiro atoms. The molecule has 0 unspecified atom stereocenters. The first-order valence-corrected chi connectivity index (χ1v) is 5.00. The average Bonchev–Trinajstić information content (AvgIpc) is 1.65. The number of hydrogen-bond acceptors (Lipinski definition) is 2. The molecule has 0 aliphatic carbocycles. The van der Waals surface area contributed by atoms with Gasteiger partial charge in [-0.3, -0.25) is 0 Å². The second-order valence-corrected chi connectivity index (χ2v) is 3.57. The summed E-state index contributed by atoms with van der Waals surface area (Å²) in [4.78, 5) is 10.3. The summed E-state index contributed by atoms with van der Waals surface area (Å²) in [5.41, 5.74) is 0. The number of rotatable bonds is 1. The van der Waals surface area contributed by atoms with Crippen molar-refractivity contribution in [3.63, 3.8) is 0 Å². The van der Waals surface area contributed by atoms with E-state index in [-0.39, 0.29) is 32.5 Å². The second kappa shape index (κ2) is 4.50. The van der Waals surface area contributed by atoms with Crippen molar-refractivity contribution in [1.29, 1.82) is 0 Å². The fourth-order valence-corrected chi connectivity index (χ4v) is 0.715. The Labute approximate surface area is 73.0 Å². The monoisotopic (exact) mass is 365 g/mol. The van der Waals surface area contributed by atoms with Crippen LogP contribution < -0.4 is 0 Å². The third-order valence-corrected chi connectivity index (χ3v) is 1.79. The zero-order valence-corrected chi connectivity index (χ0v) is 11.6. The summed E-state index contributed by atoms with van der Waals surface area (Å²) in [6.07, 6.45) is 1.41. The molecule has 0 fully saturated rings. The van der Waals surface area contributed by atoms with Crippen molar-refractivity contribution in [3.8, 4) is 0 Å². The van der Waals surface area contributed by atoms with Gasteiger partial charge in [0.15, 0.2) is 0 Å². The van der Waals surface area contributed by atoms with E-state index < -0.39 is 0 Å². The van der Waals surface area contributed by atoms with E-state index in [2.05, 4.69) is 18.6 Å². The molecule has 0 aliphatic rings. The SMILES string of the molecule is C/C(Br)=C/C(=O)[O][Hg]. The van der Waals surface area contributed by atoms with Crippen LogP contribution in [-0.4, -0.2) is 5.97 Å². The molecule has 2 nitrogen and oxygen atoms in total. The van der Waals surface area contributed by atoms with Gasteiger partial charge in [0, 0.05) is 0 Å². The third kappa shape index (κ3) is 4.78. The van der Waals surface area contributed by atoms with E-state index in [0.29, 0.717) is 0 Å². The van der Waals surface area contributed by atoms with Gasteiger partial charge in [-0.1, -0.05) is 0 Å². The third-order valence-electron chi connectivity index (χ3n) is 0.459. The van der Waals surface area contributed by atoms with Crippen LogP contribution in [-0.2, 0) is 34.0 Å². The summed E-state index contributed by atoms with van der Waals surface area (Å²) in [6, 6.07) is 0. The van der Waals surface area contributed by atoms with Gasteiger partial charge in [0.1, 0.15) is 0 Å². The minimum atomic E-state index is -0.247. The van der Waals surface area contributed by atoms with Crippen molar-refractivity contribution in [3.05, 3.63) is 10.6 Å². The maximum atomic E-state index is 10.3. The Morgan fingerprint density at radius 2 is 2.38 bits per heavy atom. The quantitative estimate of drug-likeness (QED) is 0.518. The Morgan fingerprint density at radius 1 is 1.88 bits per heavy atom. The van der Waals surface area contributed by atoms with Crippen LogP contribution in [0.4, 0.5) is 0 Å². The molecule has 0 saturated heterocycles. The molecule has 0 aromatic heterocycles. The molecule has 0 aromatic rings. The van der Waals surface area contributed by atoms with Gasteiger partial charge in [0.2, 0.25) is 0 Å². The molecule has 0 atom stereocenters. The Morgan fingerprint density at radius 3 is 2.50 bits per heavy atom. The predicted octanol–water partition coefficient (Wildman–Crippen LogP) is 1.29. The van der Waals surface area contributed by atoms with Crippen molar-refractivity contribution in [1.82, 2.24) is 0 Å². The molecule has 0 aliphatic heterocycles. The number of halogens is 1. The molecule has 0 aromatic carbocycles. The van der Waals surface area contributed by atoms with Crippen molar-refractivity contribution in [2.45, 2.75) is 6.92 Å². The van der Waals surface area contributed by atoms with Crippen molar-refractivity contribution in [2.75, 3.05) is 0 Å². The number of carbonyl (C=O) groups is 1. The van der Waals surface area contributed by atoms with Gasteiger partial charge < -0.3 is 0 Å². The van der Waals surface area contributed by atoms with Gasteiger partial charge >= 0.3 is 73.4 Å². The first-order valence-electron chi connectivity index (χ1n) is 1.96. The van der Waals surface area contributed by atoms with Gasteiger partial charge in [-0.2, -0.15) is 0 Å². The van der Waals surface area contributed by atoms with E-state index in [9.17, 15) is 4.79 Å². The summed E-state index contributed by atoms with van der Waals surface area (Å²) in [5.74, 6) is -0.247. The van der Waals surface area contributed by atoms with E-state index in [4.69, 9.17) is 0 Å². The summed E-state index contributed by atoms with van der Waals surface area (Å²) < 4.78 is 5.31. The molecule has 4 heteroatoms. The zero-order chi connectivity index (χ0) is 6.57. The Balaban J connectivity index is 3.70. The fraction of sp³-hybridized carbons (Fsp3) is 0.250. The predicted molar refractivity (Wildman–Crippen MR) is 28.8 cm³/mol. The van der Waals surface area contributed by atoms with E-state index in [1.807, 2.05) is 0 Å². The normalized spacial score (nSPS) is 11.2. The van der Waals surface area contributed by atoms with E-state index in [1.54, 1.807) is 6.92 Å². The first-order chi connectivity index (χ1) is 3.66. The van der Waals surface area contributed by atoms with Crippen LogP contribution >= 0.6 is 15.9 Å². The Kier molecular flexibility index (Phi) is 4.85. The summed E-state index contributed by atoms with van der Waals surface area (Å²) in [5, 5.41) is 0. The molecule has 0 N–H and O–H groups in total. The standard InChI is InChI=1S/C4H5BrO2.Hg/c1-3(5)2-4(6)7;/h2H,1H3,(H,6,7);/q;+1/p-1/b3-2-;. The van der Waals surface area contributed by atoms with E-state index in [0.717, 1.165) is 4.48 Å². The van der Waals surface area contributed by atoms with Crippen LogP contribution in [0.15, 0.2) is 10.6 Å². The number of carbonyl (C=O) groups excluding carboxylic acids is 1. The van der Waals surface area contributed by atoms with Crippen LogP contribution in [0.1, 0.15) is 6.92 Å². The van der Waals surface area contributed by atoms with Crippen molar-refractivity contribution in [2.24, 2.45) is 0 Å². The van der Waals surface area contributed by atoms with Gasteiger partial charge in [-0.15, -0.1) is 0 Å². The van der Waals surface area contributed by atoms with Gasteiger partial charge in [0.25, 0.3) is 0 Å². The molecule has 0 heterocycles. The van der Waals surface area contributed by atoms with Crippen LogP contribution in [0.5, 0.6) is 0 Å². The van der Waals surface area contributed by atoms with Gasteiger partial charge in [-0.05, 0) is 0 Å². The van der Waals surface area contributed by atoms with E-state index >= 15 is 0 Å². The Bertz CT molecular complexity index is 117. The van der Waals surface area contributed by atoms with Crippen molar-refractivity contribution < 1.29 is 34.0 Å². The molecule has 0 saturated carbocycles. The van der Waals surface area contributed by atoms with Crippen LogP contribution in [0.2, 0.25) is 0 Å². The first kappa shape index (κ1) is 8.63. The summed E-state index contributed by atoms with van der Waals surface area (Å²) in [6.45, 7) is 1.78. The topological polar surface area (TPSA) is 26.3 Å². The second-order valence-electron chi connectivity index (χ2n) is 1.19. The molecule has 0 radical (unpaired) electrons. The molecular weight excluding hydrogens is 361 g/mol. The maximum absolute atomic E-state index is 10.3. The summed E-state index contributed by atoms with van der Waals surface area (Å²) >= 11 is 3.21. The average molecular weight is 365 g/mol. The zero-order valence-electron chi connectivity index (χ0n) is 4.48. The minimum absolute atomic E-state index is 0.112. The molecule has 41 valence electrons. The van der Waals surface area contributed by atoms with Gasteiger partial charge in [0.05, 0.1) is 0 Å². The van der Waals surface area contributed by atoms with E-state index in [1.165, 1.54) is 6.08 Å². The molecule has 0 rings (SSSR count). The molecule has 0 bridgehead atoms. The molecule has 0 amide bonds. The molecular formula is C4H4BrHgO2.